The molecule has 3 aromatic rings. The molecule has 0 radical (unpaired) electrons. The molecule has 1 heterocycles. The minimum absolute atomic E-state index is 0.231. The molecule has 0 bridgehead atoms. The van der Waals surface area contributed by atoms with Gasteiger partial charge in [0.25, 0.3) is 5.91 Å². The third-order valence-corrected chi connectivity index (χ3v) is 4.12. The first kappa shape index (κ1) is 18.4. The maximum Gasteiger partial charge on any atom is 0.341 e. The summed E-state index contributed by atoms with van der Waals surface area (Å²) in [7, 11) is 0. The summed E-state index contributed by atoms with van der Waals surface area (Å²) in [6.07, 6.45) is 3.02. The number of ether oxygens (including phenoxy) is 1. The van der Waals surface area contributed by atoms with Crippen LogP contribution in [-0.4, -0.2) is 39.7 Å². The number of esters is 1. The summed E-state index contributed by atoms with van der Waals surface area (Å²) >= 11 is 0. The van der Waals surface area contributed by atoms with E-state index in [1.165, 1.54) is 6.20 Å². The Morgan fingerprint density at radius 3 is 2.37 bits per heavy atom. The van der Waals surface area contributed by atoms with E-state index in [1.54, 1.807) is 15.8 Å². The summed E-state index contributed by atoms with van der Waals surface area (Å²) < 4.78 is 6.77. The normalized spacial score (nSPS) is 10.4. The van der Waals surface area contributed by atoms with Gasteiger partial charge in [-0.05, 0) is 24.6 Å². The number of para-hydroxylation sites is 1. The molecule has 0 unspecified atom stereocenters. The Hall–Kier alpha value is -3.41. The zero-order chi connectivity index (χ0) is 19.1. The molecule has 0 saturated carbocycles. The minimum atomic E-state index is -0.568. The van der Waals surface area contributed by atoms with Crippen LogP contribution in [0.25, 0.3) is 5.69 Å². The van der Waals surface area contributed by atoms with Gasteiger partial charge in [-0.25, -0.2) is 9.48 Å². The number of amides is 1. The zero-order valence-corrected chi connectivity index (χ0v) is 15.1. The lowest BCUT2D eigenvalue weighted by Crippen LogP contribution is -2.34. The monoisotopic (exact) mass is 363 g/mol. The van der Waals surface area contributed by atoms with E-state index in [0.717, 1.165) is 11.3 Å². The Balaban J connectivity index is 1.56. The molecule has 0 saturated heterocycles. The summed E-state index contributed by atoms with van der Waals surface area (Å²) in [4.78, 5) is 26.2. The number of benzene rings is 2. The SMILES string of the molecule is CCN(Cc1ccccc1)C(=O)COC(=O)c1cnn(-c2ccccc2)c1. The molecule has 0 aliphatic heterocycles. The Morgan fingerprint density at radius 2 is 1.70 bits per heavy atom. The summed E-state index contributed by atoms with van der Waals surface area (Å²) in [6, 6.07) is 19.2. The molecule has 2 aromatic carbocycles. The lowest BCUT2D eigenvalue weighted by atomic mass is 10.2. The Kier molecular flexibility index (Phi) is 5.99. The maximum atomic E-state index is 12.4. The van der Waals surface area contributed by atoms with Gasteiger partial charge in [0.05, 0.1) is 17.4 Å². The van der Waals surface area contributed by atoms with Crippen molar-refractivity contribution in [3.05, 3.63) is 84.2 Å². The van der Waals surface area contributed by atoms with Gasteiger partial charge in [0.1, 0.15) is 0 Å². The van der Waals surface area contributed by atoms with Gasteiger partial charge < -0.3 is 9.64 Å². The number of carbonyl (C=O) groups excluding carboxylic acids is 2. The summed E-state index contributed by atoms with van der Waals surface area (Å²) in [5.41, 5.74) is 2.17. The fourth-order valence-corrected chi connectivity index (χ4v) is 2.63. The average molecular weight is 363 g/mol. The molecule has 0 spiro atoms. The maximum absolute atomic E-state index is 12.4. The van der Waals surface area contributed by atoms with E-state index in [4.69, 9.17) is 4.74 Å². The largest absolute Gasteiger partial charge is 0.452 e. The summed E-state index contributed by atoms with van der Waals surface area (Å²) in [5.74, 6) is -0.800. The van der Waals surface area contributed by atoms with Crippen LogP contribution in [0.15, 0.2) is 73.1 Å². The summed E-state index contributed by atoms with van der Waals surface area (Å²) in [6.45, 7) is 2.62. The van der Waals surface area contributed by atoms with Crippen molar-refractivity contribution in [2.45, 2.75) is 13.5 Å². The second kappa shape index (κ2) is 8.80. The Morgan fingerprint density at radius 1 is 1.04 bits per heavy atom. The molecule has 138 valence electrons. The standard InChI is InChI=1S/C21H21N3O3/c1-2-23(14-17-9-5-3-6-10-17)20(25)16-27-21(26)18-13-22-24(15-18)19-11-7-4-8-12-19/h3-13,15H,2,14,16H2,1H3. The zero-order valence-electron chi connectivity index (χ0n) is 15.1. The van der Waals surface area contributed by atoms with E-state index in [0.29, 0.717) is 18.7 Å². The summed E-state index contributed by atoms with van der Waals surface area (Å²) in [5, 5.41) is 4.16. The van der Waals surface area contributed by atoms with E-state index < -0.39 is 5.97 Å². The molecule has 6 nitrogen and oxygen atoms in total. The van der Waals surface area contributed by atoms with Crippen molar-refractivity contribution in [3.63, 3.8) is 0 Å². The number of aromatic nitrogens is 2. The minimum Gasteiger partial charge on any atom is -0.452 e. The molecule has 0 fully saturated rings. The first-order chi connectivity index (χ1) is 13.2. The molecule has 1 amide bonds. The van der Waals surface area contributed by atoms with Crippen LogP contribution in [0, 0.1) is 0 Å². The van der Waals surface area contributed by atoms with Gasteiger partial charge in [0, 0.05) is 19.3 Å². The molecule has 0 atom stereocenters. The van der Waals surface area contributed by atoms with Gasteiger partial charge in [0.2, 0.25) is 0 Å². The number of carbonyl (C=O) groups is 2. The van der Waals surface area contributed by atoms with Crippen LogP contribution in [0.1, 0.15) is 22.8 Å². The lowest BCUT2D eigenvalue weighted by Gasteiger charge is -2.20. The van der Waals surface area contributed by atoms with Crippen LogP contribution in [0.4, 0.5) is 0 Å². The predicted molar refractivity (Wildman–Crippen MR) is 101 cm³/mol. The lowest BCUT2D eigenvalue weighted by molar-refractivity contribution is -0.134. The van der Waals surface area contributed by atoms with E-state index in [-0.39, 0.29) is 12.5 Å². The highest BCUT2D eigenvalue weighted by atomic mass is 16.5. The number of rotatable bonds is 7. The first-order valence-electron chi connectivity index (χ1n) is 8.76. The third-order valence-electron chi connectivity index (χ3n) is 4.12. The van der Waals surface area contributed by atoms with E-state index in [9.17, 15) is 9.59 Å². The molecular weight excluding hydrogens is 342 g/mol. The van der Waals surface area contributed by atoms with E-state index in [1.807, 2.05) is 67.6 Å². The van der Waals surface area contributed by atoms with Crippen LogP contribution in [-0.2, 0) is 16.1 Å². The van der Waals surface area contributed by atoms with Crippen LogP contribution >= 0.6 is 0 Å². The fraction of sp³-hybridized carbons (Fsp3) is 0.190. The van der Waals surface area contributed by atoms with Gasteiger partial charge in [-0.3, -0.25) is 4.79 Å². The van der Waals surface area contributed by atoms with Crippen LogP contribution in [0.5, 0.6) is 0 Å². The number of hydrogen-bond donors (Lipinski definition) is 0. The quantitative estimate of drug-likeness (QED) is 0.605. The van der Waals surface area contributed by atoms with E-state index in [2.05, 4.69) is 5.10 Å². The number of nitrogens with zero attached hydrogens (tertiary/aromatic N) is 3. The van der Waals surface area contributed by atoms with Crippen LogP contribution in [0.2, 0.25) is 0 Å². The van der Waals surface area contributed by atoms with Crippen LogP contribution in [0.3, 0.4) is 0 Å². The average Bonchev–Trinajstić information content (AvgIpc) is 3.22. The highest BCUT2D eigenvalue weighted by Crippen LogP contribution is 2.09. The number of likely N-dealkylation sites (N-methyl/N-ethyl adjacent to an activating group) is 1. The van der Waals surface area contributed by atoms with Crippen molar-refractivity contribution < 1.29 is 14.3 Å². The van der Waals surface area contributed by atoms with E-state index >= 15 is 0 Å². The van der Waals surface area contributed by atoms with Crippen molar-refractivity contribution in [2.24, 2.45) is 0 Å². The molecule has 27 heavy (non-hydrogen) atoms. The van der Waals surface area contributed by atoms with Crippen LogP contribution < -0.4 is 0 Å². The van der Waals surface area contributed by atoms with Crippen molar-refractivity contribution >= 4 is 11.9 Å². The molecule has 6 heteroatoms. The molecule has 0 aliphatic carbocycles. The third kappa shape index (κ3) is 4.82. The molecule has 0 aliphatic rings. The predicted octanol–water partition coefficient (Wildman–Crippen LogP) is 3.08. The molecule has 3 rings (SSSR count). The van der Waals surface area contributed by atoms with Gasteiger partial charge >= 0.3 is 5.97 Å². The van der Waals surface area contributed by atoms with Crippen molar-refractivity contribution in [1.29, 1.82) is 0 Å². The van der Waals surface area contributed by atoms with Crippen molar-refractivity contribution in [1.82, 2.24) is 14.7 Å². The Labute approximate surface area is 158 Å². The van der Waals surface area contributed by atoms with Gasteiger partial charge in [-0.15, -0.1) is 0 Å². The fourth-order valence-electron chi connectivity index (χ4n) is 2.63. The van der Waals surface area contributed by atoms with Gasteiger partial charge in [0.15, 0.2) is 6.61 Å². The second-order valence-electron chi connectivity index (χ2n) is 5.98. The van der Waals surface area contributed by atoms with Crippen molar-refractivity contribution in [3.8, 4) is 5.69 Å². The molecule has 1 aromatic heterocycles. The van der Waals surface area contributed by atoms with Gasteiger partial charge in [-0.2, -0.15) is 5.10 Å². The highest BCUT2D eigenvalue weighted by Gasteiger charge is 2.17. The first-order valence-corrected chi connectivity index (χ1v) is 8.76. The smallest absolute Gasteiger partial charge is 0.341 e. The molecular formula is C21H21N3O3. The Bertz CT molecular complexity index is 891. The van der Waals surface area contributed by atoms with Crippen molar-refractivity contribution in [2.75, 3.05) is 13.2 Å². The number of hydrogen-bond acceptors (Lipinski definition) is 4. The highest BCUT2D eigenvalue weighted by molar-refractivity contribution is 5.90. The topological polar surface area (TPSA) is 64.4 Å². The second-order valence-corrected chi connectivity index (χ2v) is 5.98. The molecule has 0 N–H and O–H groups in total. The van der Waals surface area contributed by atoms with Gasteiger partial charge in [-0.1, -0.05) is 48.5 Å².